The van der Waals surface area contributed by atoms with Crippen molar-refractivity contribution in [3.63, 3.8) is 0 Å². The molecule has 109 heavy (non-hydrogen) atoms. The quantitative estimate of drug-likeness (QED) is 0.0137. The molecule has 0 bridgehead atoms. The van der Waals surface area contributed by atoms with Gasteiger partial charge in [-0.15, -0.1) is 12.4 Å². The lowest BCUT2D eigenvalue weighted by Crippen LogP contribution is -2.41. The van der Waals surface area contributed by atoms with E-state index in [1.165, 1.54) is 18.2 Å². The molecule has 47 heteroatoms. The molecule has 524 valence electrons. The van der Waals surface area contributed by atoms with Crippen molar-refractivity contribution in [2.45, 2.75) is 48.6 Å². The number of nitro groups is 2. The molecule has 2 aromatic heterocycles. The Bertz CT molecular complexity index is 5140. The third kappa shape index (κ3) is 26.1. The van der Waals surface area contributed by atoms with E-state index in [-0.39, 0.29) is 67.5 Å². The Morgan fingerprint density at radius 2 is 0.679 bits per heavy atom. The van der Waals surface area contributed by atoms with Crippen molar-refractivity contribution in [1.82, 2.24) is 24.9 Å². The molecule has 0 amide bonds. The number of rotatable bonds is 38. The van der Waals surface area contributed by atoms with Crippen LogP contribution >= 0.6 is 28.3 Å². The molecule has 0 spiro atoms. The number of anilines is 1. The highest BCUT2D eigenvalue weighted by atomic mass is 79.9. The number of hydrogen-bond donors (Lipinski definition) is 1. The molecule has 4 heterocycles. The molecule has 2 aliphatic heterocycles. The molecular formula is C62H83B29BrClF4N8O4. The number of hydrogen-bond acceptors (Lipinski definition) is 8. The van der Waals surface area contributed by atoms with E-state index in [4.69, 9.17) is 48.9 Å². The molecule has 0 aliphatic carbocycles. The number of alkyl halides is 4. The first-order valence-corrected chi connectivity index (χ1v) is 35.6. The van der Waals surface area contributed by atoms with Gasteiger partial charge in [0, 0.05) is 288 Å². The molecule has 10 aromatic rings. The van der Waals surface area contributed by atoms with E-state index in [1.54, 1.807) is 18.2 Å². The van der Waals surface area contributed by atoms with Gasteiger partial charge in [0.15, 0.2) is 5.82 Å². The van der Waals surface area contributed by atoms with E-state index in [9.17, 15) is 37.8 Å². The molecule has 4 radical (unpaired) electrons. The van der Waals surface area contributed by atoms with Crippen LogP contribution in [0.4, 0.5) is 34.8 Å². The Hall–Kier alpha value is -6.37. The van der Waals surface area contributed by atoms with Crippen LogP contribution in [0.1, 0.15) is 59.1 Å². The maximum atomic E-state index is 14.1. The van der Waals surface area contributed by atoms with E-state index in [0.717, 1.165) is 38.9 Å². The zero-order valence-corrected chi connectivity index (χ0v) is 62.1. The molecule has 0 atom stereocenters. The van der Waals surface area contributed by atoms with Gasteiger partial charge in [-0.05, 0) is 100 Å². The number of piperidine rings is 2. The van der Waals surface area contributed by atoms with Gasteiger partial charge in [0.25, 0.3) is 23.2 Å². The van der Waals surface area contributed by atoms with Crippen LogP contribution in [0.3, 0.4) is 0 Å². The van der Waals surface area contributed by atoms with Crippen molar-refractivity contribution in [1.29, 1.82) is 38.7 Å². The SMILES string of the molecule is Cl.FC1(F)CCNCC1.O=[N+]([O-])c1ccc2c(c1)c(Br)nn2C(c1ccccc1)(c1ccccc1)c1ccccc1.O=[N+]([O-])c1ccc2c(c1)c(N1CCC(F)(F)CC1)nn2C(c1ccccc1)(c1ccccc1)c1ccccc1.[2H][B]B([2H])B([2H])B([2H])B([2H])B([2H])B([2H])B([2H])B([2H])B([2H])B([2H])B([2H])B([2H])B([2H])[B][2H].[2H][B]B([2H])B([2H])B([2H])B([2H])B([2H])B([2H])B([2H])B([2H])B([2H])B([2H])B([2H])B([2H])[B][2H]. The molecule has 2 aliphatic rings. The average molecular weight is 1540 g/mol. The average Bonchev–Trinajstić information content (AvgIpc) is 1.35. The lowest BCUT2D eigenvalue weighted by molar-refractivity contribution is -0.384. The first-order valence-electron chi connectivity index (χ1n) is 51.5. The van der Waals surface area contributed by atoms with E-state index in [1.807, 2.05) is 160 Å². The van der Waals surface area contributed by atoms with Crippen molar-refractivity contribution >= 4 is 274 Å². The third-order valence-corrected chi connectivity index (χ3v) is 17.7. The number of benzene rings is 8. The number of aromatic nitrogens is 4. The number of halogens is 6. The van der Waals surface area contributed by atoms with Gasteiger partial charge in [-0.1, -0.05) is 182 Å². The second kappa shape index (κ2) is 47.9. The number of nitrogens with zero attached hydrogens (tertiary/aromatic N) is 7. The van der Waals surface area contributed by atoms with Gasteiger partial charge < -0.3 is 10.2 Å². The minimum Gasteiger partial charge on any atom is -0.354 e. The summed E-state index contributed by atoms with van der Waals surface area (Å²) >= 11 is 3.56. The van der Waals surface area contributed by atoms with Crippen molar-refractivity contribution in [2.75, 3.05) is 31.1 Å². The van der Waals surface area contributed by atoms with Crippen LogP contribution in [0, 0.1) is 20.2 Å². The summed E-state index contributed by atoms with van der Waals surface area (Å²) in [6, 6.07) is 70.1. The van der Waals surface area contributed by atoms with Crippen LogP contribution in [0.5, 0.6) is 0 Å². The lowest BCUT2D eigenvalue weighted by atomic mass is 8.85. The van der Waals surface area contributed by atoms with Crippen molar-refractivity contribution in [3.8, 4) is 0 Å². The first-order chi connectivity index (χ1) is 64.8. The number of nitro benzene ring substituents is 2. The van der Waals surface area contributed by atoms with Crippen molar-refractivity contribution < 1.29 is 27.4 Å². The fourth-order valence-corrected chi connectivity index (χ4v) is 12.6. The maximum Gasteiger partial charge on any atom is 0.270 e. The molecule has 12 nitrogen and oxygen atoms in total. The zero-order valence-electron chi connectivity index (χ0n) is 88.7. The molecule has 8 aromatic carbocycles. The Balaban J connectivity index is 0.000000245. The van der Waals surface area contributed by atoms with E-state index < -0.39 is 203 Å². The summed E-state index contributed by atoms with van der Waals surface area (Å²) < 4.78 is 280. The van der Waals surface area contributed by atoms with Gasteiger partial charge in [0.1, 0.15) is 15.7 Å². The topological polar surface area (TPSA) is 137 Å². The fraction of sp³-hybridized carbons (Fsp3) is 0.194. The van der Waals surface area contributed by atoms with Crippen LogP contribution in [-0.4, -0.2) is 313 Å². The molecule has 1 N–H and O–H groups in total. The molecule has 12 rings (SSSR count). The summed E-state index contributed by atoms with van der Waals surface area (Å²) in [4.78, 5) is 24.1. The zero-order chi connectivity index (χ0) is 101. The summed E-state index contributed by atoms with van der Waals surface area (Å²) in [6.07, 6.45) is -0.574. The van der Waals surface area contributed by atoms with Gasteiger partial charge in [-0.3, -0.25) is 20.2 Å². The van der Waals surface area contributed by atoms with Crippen LogP contribution in [0.2, 0.25) is 0 Å². The molecule has 0 unspecified atom stereocenters. The summed E-state index contributed by atoms with van der Waals surface area (Å²) in [6.45, 7) is 1.15. The minimum absolute atomic E-state index is 0. The number of nitrogens with one attached hydrogen (secondary N) is 1. The first kappa shape index (κ1) is 56.0. The van der Waals surface area contributed by atoms with Crippen LogP contribution < -0.4 is 10.2 Å². The van der Waals surface area contributed by atoms with Gasteiger partial charge in [0.05, 0.1) is 26.3 Å². The predicted octanol–water partition coefficient (Wildman–Crippen LogP) is -3.81. The minimum atomic E-state index is -2.73. The lowest BCUT2D eigenvalue weighted by Gasteiger charge is -2.37. The predicted molar refractivity (Wildman–Crippen MR) is 518 cm³/mol. The Morgan fingerprint density at radius 3 is 0.954 bits per heavy atom. The summed E-state index contributed by atoms with van der Waals surface area (Å²) in [5, 5.41) is 37.3. The Morgan fingerprint density at radius 1 is 0.413 bits per heavy atom. The highest BCUT2D eigenvalue weighted by Crippen LogP contribution is 2.47. The van der Waals surface area contributed by atoms with E-state index >= 15 is 0 Å². The Labute approximate surface area is 717 Å². The van der Waals surface area contributed by atoms with Crippen LogP contribution in [-0.2, 0) is 11.1 Å². The van der Waals surface area contributed by atoms with Gasteiger partial charge >= 0.3 is 0 Å². The van der Waals surface area contributed by atoms with E-state index in [2.05, 4.69) is 57.6 Å². The molecule has 2 fully saturated rings. The highest BCUT2D eigenvalue weighted by molar-refractivity contribution is 9.10. The highest BCUT2D eigenvalue weighted by Gasteiger charge is 2.44. The summed E-state index contributed by atoms with van der Waals surface area (Å²) in [5.41, 5.74) is 5.63. The third-order valence-electron chi connectivity index (χ3n) is 17.2. The largest absolute Gasteiger partial charge is 0.354 e. The summed E-state index contributed by atoms with van der Waals surface area (Å²) in [5.74, 6) is -4.65. The van der Waals surface area contributed by atoms with Crippen molar-refractivity contribution in [3.05, 3.63) is 277 Å². The smallest absolute Gasteiger partial charge is 0.270 e. The van der Waals surface area contributed by atoms with Gasteiger partial charge in [0.2, 0.25) is 0 Å². The number of non-ortho nitro benzene ring substituents is 2. The standard InChI is InChI=1S/C31H26F2N4O2.C26H18BrN3O2.C5H9F2N.B15H15.B14H14.ClH/c32-30(33)18-20-35(21-19-30)29-27-22-26(37(38)39)16-17-28(27)36(34-29)31(23-10-4-1-5-11-23,24-12-6-2-7-13-24)25-14-8-3-9-15-25;27-25-23-18-22(30(31)32)16-17-24(23)29(28-25)26(19-10-4-1-5-11-19,20-12-6-2-7-13-20)21-14-8-3-9-15-21;6-5(7)1-3-8-4-2-5;1-3-5-7-9-11-13-15-14-12-10-8-6-4-2;1-3-5-7-9-11-13-14-12-10-8-6-4-2;/h1-17,22H,18-21H2;1-18H;8H,1-4H2;1-15H;1-14H;1H/i;;;1D,2D,3D,4D,5D,6D,7D,8D,9D,10D,11D,12D,13D,14D,15D;1D,2D,3D,4D,5D,6D,7D,8D,9D,10D,11D,12D,13D,14D;. The summed E-state index contributed by atoms with van der Waals surface area (Å²) in [7, 11) is -37.0. The van der Waals surface area contributed by atoms with Crippen LogP contribution in [0.25, 0.3) is 21.8 Å². The molecule has 2 saturated heterocycles. The normalized spacial score (nSPS) is 16.4. The van der Waals surface area contributed by atoms with Crippen LogP contribution in [0.15, 0.2) is 223 Å². The maximum absolute atomic E-state index is 14.1. The molecular weight excluding hydrogens is 1430 g/mol. The monoisotopic (exact) mass is 1540 g/mol. The van der Waals surface area contributed by atoms with Gasteiger partial charge in [-0.25, -0.2) is 26.9 Å². The fourth-order valence-electron chi connectivity index (χ4n) is 12.1. The molecule has 0 saturated carbocycles. The second-order valence-electron chi connectivity index (χ2n) is 24.2. The van der Waals surface area contributed by atoms with Crippen molar-refractivity contribution in [2.24, 2.45) is 0 Å². The number of fused-ring (bicyclic) bond motifs is 2. The second-order valence-corrected chi connectivity index (χ2v) is 25.0. The van der Waals surface area contributed by atoms with Gasteiger partial charge in [-0.2, -0.15) is 10.2 Å². The van der Waals surface area contributed by atoms with E-state index in [0.29, 0.717) is 70.6 Å². The Kier molecular flexibility index (Phi) is 24.6.